The first kappa shape index (κ1) is 31.8. The molecule has 5 aromatic rings. The van der Waals surface area contributed by atoms with Gasteiger partial charge in [0.05, 0.1) is 41.1 Å². The van der Waals surface area contributed by atoms with E-state index in [-0.39, 0.29) is 28.8 Å². The number of benzene rings is 4. The van der Waals surface area contributed by atoms with Gasteiger partial charge in [-0.2, -0.15) is 0 Å². The number of ether oxygens (including phenoxy) is 3. The number of allylic oxidation sites excluding steroid dienone is 1. The summed E-state index contributed by atoms with van der Waals surface area (Å²) in [6.45, 7) is 1.71. The molecule has 0 saturated carbocycles. The molecule has 47 heavy (non-hydrogen) atoms. The van der Waals surface area contributed by atoms with Crippen LogP contribution in [0.5, 0.6) is 17.2 Å². The number of hydrogen-bond acceptors (Lipinski definition) is 7. The van der Waals surface area contributed by atoms with Crippen LogP contribution in [0, 0.1) is 5.82 Å². The zero-order valence-corrected chi connectivity index (χ0v) is 27.2. The molecular weight excluding hydrogens is 641 g/mol. The summed E-state index contributed by atoms with van der Waals surface area (Å²) in [4.78, 5) is 33.1. The third-order valence-electron chi connectivity index (χ3n) is 7.59. The van der Waals surface area contributed by atoms with Crippen molar-refractivity contribution in [2.75, 3.05) is 19.5 Å². The van der Waals surface area contributed by atoms with Gasteiger partial charge in [0, 0.05) is 11.3 Å². The van der Waals surface area contributed by atoms with Gasteiger partial charge in [0.15, 0.2) is 16.3 Å². The van der Waals surface area contributed by atoms with Crippen LogP contribution in [-0.4, -0.2) is 24.7 Å². The minimum atomic E-state index is -0.778. The molecule has 2 heterocycles. The molecule has 1 amide bonds. The lowest BCUT2D eigenvalue weighted by Crippen LogP contribution is -2.40. The number of anilines is 1. The van der Waals surface area contributed by atoms with Gasteiger partial charge in [-0.1, -0.05) is 71.5 Å². The van der Waals surface area contributed by atoms with Crippen molar-refractivity contribution in [3.05, 3.63) is 149 Å². The van der Waals surface area contributed by atoms with Crippen molar-refractivity contribution in [3.63, 3.8) is 0 Å². The number of methoxy groups -OCH3 is 2. The largest absolute Gasteiger partial charge is 0.497 e. The maximum atomic E-state index is 14.2. The van der Waals surface area contributed by atoms with Gasteiger partial charge < -0.3 is 19.5 Å². The van der Waals surface area contributed by atoms with Crippen LogP contribution in [0.1, 0.15) is 29.7 Å². The zero-order valence-electron chi connectivity index (χ0n) is 25.6. The second-order valence-corrected chi connectivity index (χ2v) is 12.0. The van der Waals surface area contributed by atoms with Gasteiger partial charge in [0.1, 0.15) is 18.2 Å². The Labute approximate surface area is 278 Å². The van der Waals surface area contributed by atoms with Crippen LogP contribution in [0.4, 0.5) is 10.1 Å². The van der Waals surface area contributed by atoms with E-state index in [1.54, 1.807) is 74.7 Å². The normalized spacial score (nSPS) is 14.3. The first-order valence-corrected chi connectivity index (χ1v) is 15.7. The molecule has 0 saturated heterocycles. The first-order chi connectivity index (χ1) is 22.8. The van der Waals surface area contributed by atoms with Crippen molar-refractivity contribution in [2.45, 2.75) is 19.6 Å². The van der Waals surface area contributed by atoms with Crippen molar-refractivity contribution in [3.8, 4) is 17.2 Å². The summed E-state index contributed by atoms with van der Waals surface area (Å²) in [6.07, 6.45) is 1.69. The number of aromatic nitrogens is 1. The summed E-state index contributed by atoms with van der Waals surface area (Å²) < 4.78 is 32.9. The fourth-order valence-corrected chi connectivity index (χ4v) is 6.66. The minimum Gasteiger partial charge on any atom is -0.497 e. The smallest absolute Gasteiger partial charge is 0.271 e. The highest BCUT2D eigenvalue weighted by molar-refractivity contribution is 7.07. The number of thiazole rings is 1. The molecule has 238 valence electrons. The van der Waals surface area contributed by atoms with E-state index < -0.39 is 11.9 Å². The number of halogens is 2. The lowest BCUT2D eigenvalue weighted by atomic mass is 9.95. The Bertz CT molecular complexity index is 2200. The van der Waals surface area contributed by atoms with E-state index >= 15 is 0 Å². The molecule has 1 aliphatic heterocycles. The average Bonchev–Trinajstić information content (AvgIpc) is 3.37. The monoisotopic (exact) mass is 669 g/mol. The molecule has 0 bridgehead atoms. The number of carbonyl (C=O) groups excluding carboxylic acids is 1. The molecule has 1 aromatic heterocycles. The predicted octanol–water partition coefficient (Wildman–Crippen LogP) is 6.26. The highest BCUT2D eigenvalue weighted by atomic mass is 35.5. The molecule has 4 aromatic carbocycles. The Kier molecular flexibility index (Phi) is 9.24. The highest BCUT2D eigenvalue weighted by Gasteiger charge is 2.33. The number of para-hydroxylation sites is 1. The molecule has 0 aliphatic carbocycles. The molecule has 0 spiro atoms. The zero-order chi connectivity index (χ0) is 33.1. The van der Waals surface area contributed by atoms with Gasteiger partial charge in [-0.3, -0.25) is 14.2 Å². The Morgan fingerprint density at radius 2 is 1.79 bits per heavy atom. The summed E-state index contributed by atoms with van der Waals surface area (Å²) >= 11 is 7.81. The van der Waals surface area contributed by atoms with Gasteiger partial charge >= 0.3 is 0 Å². The third-order valence-corrected chi connectivity index (χ3v) is 8.85. The predicted molar refractivity (Wildman–Crippen MR) is 181 cm³/mol. The molecular formula is C36H29ClFN3O5S. The van der Waals surface area contributed by atoms with Crippen LogP contribution in [0.3, 0.4) is 0 Å². The van der Waals surface area contributed by atoms with Crippen LogP contribution in [0.15, 0.2) is 112 Å². The highest BCUT2D eigenvalue weighted by Crippen LogP contribution is 2.37. The van der Waals surface area contributed by atoms with E-state index in [0.29, 0.717) is 54.5 Å². The van der Waals surface area contributed by atoms with E-state index in [9.17, 15) is 14.0 Å². The lowest BCUT2D eigenvalue weighted by Gasteiger charge is -2.25. The second kappa shape index (κ2) is 13.7. The number of hydrogen-bond donors (Lipinski definition) is 1. The second-order valence-electron chi connectivity index (χ2n) is 10.6. The van der Waals surface area contributed by atoms with E-state index in [2.05, 4.69) is 5.32 Å². The molecule has 0 fully saturated rings. The number of amides is 1. The summed E-state index contributed by atoms with van der Waals surface area (Å²) in [5.41, 5.74) is 2.73. The van der Waals surface area contributed by atoms with Crippen molar-refractivity contribution in [1.82, 2.24) is 4.57 Å². The molecule has 6 rings (SSSR count). The third kappa shape index (κ3) is 6.56. The summed E-state index contributed by atoms with van der Waals surface area (Å²) in [5.74, 6) is 0.387. The summed E-state index contributed by atoms with van der Waals surface area (Å²) in [7, 11) is 3.03. The first-order valence-electron chi connectivity index (χ1n) is 14.5. The van der Waals surface area contributed by atoms with Gasteiger partial charge in [-0.15, -0.1) is 0 Å². The quantitative estimate of drug-likeness (QED) is 0.200. The van der Waals surface area contributed by atoms with Gasteiger partial charge in [-0.05, 0) is 66.6 Å². The maximum absolute atomic E-state index is 14.2. The van der Waals surface area contributed by atoms with Crippen LogP contribution in [-0.2, 0) is 11.4 Å². The molecule has 0 radical (unpaired) electrons. The topological polar surface area (TPSA) is 91.2 Å². The molecule has 1 N–H and O–H groups in total. The maximum Gasteiger partial charge on any atom is 0.271 e. The van der Waals surface area contributed by atoms with E-state index in [1.165, 1.54) is 29.1 Å². The van der Waals surface area contributed by atoms with E-state index in [4.69, 9.17) is 30.8 Å². The lowest BCUT2D eigenvalue weighted by molar-refractivity contribution is -0.113. The van der Waals surface area contributed by atoms with Crippen LogP contribution in [0.25, 0.3) is 6.08 Å². The van der Waals surface area contributed by atoms with E-state index in [1.807, 2.05) is 30.3 Å². The molecule has 8 nitrogen and oxygen atoms in total. The molecule has 11 heteroatoms. The van der Waals surface area contributed by atoms with Gasteiger partial charge in [-0.25, -0.2) is 9.38 Å². The van der Waals surface area contributed by atoms with Crippen molar-refractivity contribution in [1.29, 1.82) is 0 Å². The molecule has 1 aliphatic rings. The summed E-state index contributed by atoms with van der Waals surface area (Å²) in [6, 6.07) is 25.2. The number of nitrogens with one attached hydrogen (secondary N) is 1. The Morgan fingerprint density at radius 3 is 2.53 bits per heavy atom. The van der Waals surface area contributed by atoms with Crippen LogP contribution in [0.2, 0.25) is 5.02 Å². The standard InChI is InChI=1S/C36H29ClFN3O5S/c1-21-31(34(42)40-25-12-5-4-6-13-25)32(23-11-9-14-26(19-23)44-2)41-35(43)30(47-36(41)39-21)18-22-16-27(37)33(29(17-22)45-3)46-20-24-10-7-8-15-28(24)38/h4-19,32H,20H2,1-3H3,(H,40,42)/b30-18-/t32-/m0/s1. The van der Waals surface area contributed by atoms with Gasteiger partial charge in [0.25, 0.3) is 11.5 Å². The minimum absolute atomic E-state index is 0.0511. The van der Waals surface area contributed by atoms with Crippen LogP contribution >= 0.6 is 22.9 Å². The summed E-state index contributed by atoms with van der Waals surface area (Å²) in [5, 5.41) is 3.17. The van der Waals surface area contributed by atoms with Crippen LogP contribution < -0.4 is 34.4 Å². The SMILES string of the molecule is COc1cccc([C@H]2C(C(=O)Nc3ccccc3)=C(C)N=c3s/c(=C\c4cc(Cl)c(OCc5ccccc5F)c(OC)c4)c(=O)n32)c1. The number of fused-ring (bicyclic) bond motifs is 1. The molecule has 0 unspecified atom stereocenters. The average molecular weight is 670 g/mol. The fraction of sp³-hybridized carbons (Fsp3) is 0.139. The Balaban J connectivity index is 1.42. The Hall–Kier alpha value is -5.19. The van der Waals surface area contributed by atoms with E-state index in [0.717, 1.165) is 0 Å². The Morgan fingerprint density at radius 1 is 1.02 bits per heavy atom. The van der Waals surface area contributed by atoms with Crippen molar-refractivity contribution in [2.24, 2.45) is 4.99 Å². The molecule has 1 atom stereocenters. The number of rotatable bonds is 9. The van der Waals surface area contributed by atoms with Crippen molar-refractivity contribution < 1.29 is 23.4 Å². The number of carbonyl (C=O) groups is 1. The fourth-order valence-electron chi connectivity index (χ4n) is 5.34. The number of nitrogens with zero attached hydrogens (tertiary/aromatic N) is 2. The van der Waals surface area contributed by atoms with Gasteiger partial charge in [0.2, 0.25) is 0 Å². The van der Waals surface area contributed by atoms with Crippen molar-refractivity contribution >= 4 is 40.6 Å².